The molecule has 0 radical (unpaired) electrons. The number of benzene rings is 1. The molecule has 1 aromatic heterocycles. The second-order valence-electron chi connectivity index (χ2n) is 3.31. The molecular weight excluding hydrogens is 226 g/mol. The molecule has 86 valence electrons. The van der Waals surface area contributed by atoms with Gasteiger partial charge in [0.05, 0.1) is 5.69 Å². The fourth-order valence-electron chi connectivity index (χ4n) is 1.29. The molecular formula is C12H8F2N2O. The van der Waals surface area contributed by atoms with E-state index in [1.165, 1.54) is 30.6 Å². The van der Waals surface area contributed by atoms with Crippen molar-refractivity contribution in [1.82, 2.24) is 4.98 Å². The average molecular weight is 234 g/mol. The van der Waals surface area contributed by atoms with Crippen LogP contribution in [0, 0.1) is 11.6 Å². The number of nitrogens with zero attached hydrogens (tertiary/aromatic N) is 1. The highest BCUT2D eigenvalue weighted by Crippen LogP contribution is 2.15. The SMILES string of the molecule is O=C(Nc1ccc(F)cc1F)c1ccncc1. The lowest BCUT2D eigenvalue weighted by atomic mass is 10.2. The van der Waals surface area contributed by atoms with Gasteiger partial charge in [-0.05, 0) is 24.3 Å². The van der Waals surface area contributed by atoms with Gasteiger partial charge in [0.25, 0.3) is 5.91 Å². The molecule has 1 aromatic carbocycles. The fraction of sp³-hybridized carbons (Fsp3) is 0. The van der Waals surface area contributed by atoms with Gasteiger partial charge < -0.3 is 5.32 Å². The molecule has 0 fully saturated rings. The van der Waals surface area contributed by atoms with Crippen LogP contribution >= 0.6 is 0 Å². The van der Waals surface area contributed by atoms with Crippen molar-refractivity contribution in [2.45, 2.75) is 0 Å². The second kappa shape index (κ2) is 4.69. The van der Waals surface area contributed by atoms with Gasteiger partial charge in [-0.1, -0.05) is 0 Å². The number of pyridine rings is 1. The number of nitrogens with one attached hydrogen (secondary N) is 1. The Morgan fingerprint density at radius 1 is 1.12 bits per heavy atom. The van der Waals surface area contributed by atoms with Crippen LogP contribution in [0.2, 0.25) is 0 Å². The quantitative estimate of drug-likeness (QED) is 0.867. The topological polar surface area (TPSA) is 42.0 Å². The highest BCUT2D eigenvalue weighted by Gasteiger charge is 2.09. The Bertz CT molecular complexity index is 543. The Morgan fingerprint density at radius 3 is 2.47 bits per heavy atom. The summed E-state index contributed by atoms with van der Waals surface area (Å²) in [6.07, 6.45) is 2.91. The second-order valence-corrected chi connectivity index (χ2v) is 3.31. The Hall–Kier alpha value is -2.30. The van der Waals surface area contributed by atoms with Crippen LogP contribution in [0.15, 0.2) is 42.7 Å². The van der Waals surface area contributed by atoms with Gasteiger partial charge >= 0.3 is 0 Å². The van der Waals surface area contributed by atoms with Crippen LogP contribution in [-0.4, -0.2) is 10.9 Å². The smallest absolute Gasteiger partial charge is 0.255 e. The van der Waals surface area contributed by atoms with E-state index < -0.39 is 17.5 Å². The Morgan fingerprint density at radius 2 is 1.82 bits per heavy atom. The zero-order valence-electron chi connectivity index (χ0n) is 8.65. The maximum absolute atomic E-state index is 13.3. The van der Waals surface area contributed by atoms with Crippen LogP contribution in [0.3, 0.4) is 0 Å². The molecule has 1 heterocycles. The number of halogens is 2. The lowest BCUT2D eigenvalue weighted by molar-refractivity contribution is 0.102. The first-order valence-corrected chi connectivity index (χ1v) is 4.83. The van der Waals surface area contributed by atoms with E-state index in [4.69, 9.17) is 0 Å². The number of carbonyl (C=O) groups excluding carboxylic acids is 1. The summed E-state index contributed by atoms with van der Waals surface area (Å²) in [4.78, 5) is 15.4. The van der Waals surface area contributed by atoms with Crippen LogP contribution in [-0.2, 0) is 0 Å². The van der Waals surface area contributed by atoms with E-state index in [0.717, 1.165) is 6.07 Å². The van der Waals surface area contributed by atoms with Gasteiger partial charge in [-0.15, -0.1) is 0 Å². The van der Waals surface area contributed by atoms with Crippen molar-refractivity contribution >= 4 is 11.6 Å². The molecule has 0 saturated heterocycles. The third-order valence-corrected chi connectivity index (χ3v) is 2.12. The van der Waals surface area contributed by atoms with Gasteiger partial charge in [-0.3, -0.25) is 9.78 Å². The Labute approximate surface area is 96.1 Å². The minimum atomic E-state index is -0.813. The van der Waals surface area contributed by atoms with Crippen molar-refractivity contribution in [3.05, 3.63) is 59.9 Å². The standard InChI is InChI=1S/C12H8F2N2O/c13-9-1-2-11(10(14)7-9)16-12(17)8-3-5-15-6-4-8/h1-7H,(H,16,17). The molecule has 3 nitrogen and oxygen atoms in total. The molecule has 0 bridgehead atoms. The molecule has 0 spiro atoms. The van der Waals surface area contributed by atoms with E-state index >= 15 is 0 Å². The summed E-state index contributed by atoms with van der Waals surface area (Å²) >= 11 is 0. The minimum absolute atomic E-state index is 0.0618. The van der Waals surface area contributed by atoms with Gasteiger partial charge in [0.2, 0.25) is 0 Å². The van der Waals surface area contributed by atoms with E-state index in [1.807, 2.05) is 0 Å². The van der Waals surface area contributed by atoms with Crippen molar-refractivity contribution in [2.75, 3.05) is 5.32 Å². The summed E-state index contributed by atoms with van der Waals surface area (Å²) in [5.41, 5.74) is 0.289. The molecule has 2 rings (SSSR count). The molecule has 0 atom stereocenters. The third kappa shape index (κ3) is 2.63. The van der Waals surface area contributed by atoms with Crippen molar-refractivity contribution in [2.24, 2.45) is 0 Å². The normalized spacial score (nSPS) is 10.0. The first-order valence-electron chi connectivity index (χ1n) is 4.83. The van der Waals surface area contributed by atoms with E-state index in [-0.39, 0.29) is 5.69 Å². The fourth-order valence-corrected chi connectivity index (χ4v) is 1.29. The van der Waals surface area contributed by atoms with Crippen LogP contribution in [0.1, 0.15) is 10.4 Å². The van der Waals surface area contributed by atoms with Crippen molar-refractivity contribution in [3.63, 3.8) is 0 Å². The zero-order valence-corrected chi connectivity index (χ0v) is 8.65. The van der Waals surface area contributed by atoms with Gasteiger partial charge in [-0.2, -0.15) is 0 Å². The van der Waals surface area contributed by atoms with Crippen LogP contribution < -0.4 is 5.32 Å². The number of hydrogen-bond donors (Lipinski definition) is 1. The van der Waals surface area contributed by atoms with Crippen LogP contribution in [0.25, 0.3) is 0 Å². The summed E-state index contributed by atoms with van der Waals surface area (Å²) in [6, 6.07) is 5.95. The number of carbonyl (C=O) groups is 1. The lowest BCUT2D eigenvalue weighted by Crippen LogP contribution is -2.13. The van der Waals surface area contributed by atoms with E-state index in [1.54, 1.807) is 0 Å². The van der Waals surface area contributed by atoms with Gasteiger partial charge in [0.15, 0.2) is 0 Å². The molecule has 5 heteroatoms. The van der Waals surface area contributed by atoms with Gasteiger partial charge in [0.1, 0.15) is 11.6 Å². The number of rotatable bonds is 2. The molecule has 1 amide bonds. The van der Waals surface area contributed by atoms with Gasteiger partial charge in [0, 0.05) is 24.0 Å². The van der Waals surface area contributed by atoms with Crippen LogP contribution in [0.4, 0.5) is 14.5 Å². The lowest BCUT2D eigenvalue weighted by Gasteiger charge is -2.05. The minimum Gasteiger partial charge on any atom is -0.319 e. The van der Waals surface area contributed by atoms with Crippen LogP contribution in [0.5, 0.6) is 0 Å². The number of amides is 1. The summed E-state index contributed by atoms with van der Waals surface area (Å²) in [5, 5.41) is 2.35. The van der Waals surface area contributed by atoms with Crippen molar-refractivity contribution in [1.29, 1.82) is 0 Å². The monoisotopic (exact) mass is 234 g/mol. The van der Waals surface area contributed by atoms with E-state index in [2.05, 4.69) is 10.3 Å². The summed E-state index contributed by atoms with van der Waals surface area (Å²) < 4.78 is 25.9. The maximum atomic E-state index is 13.3. The average Bonchev–Trinajstić information content (AvgIpc) is 2.34. The van der Waals surface area contributed by atoms with Gasteiger partial charge in [-0.25, -0.2) is 8.78 Å². The molecule has 17 heavy (non-hydrogen) atoms. The number of hydrogen-bond acceptors (Lipinski definition) is 2. The van der Waals surface area contributed by atoms with E-state index in [0.29, 0.717) is 11.6 Å². The molecule has 0 aliphatic rings. The Balaban J connectivity index is 2.19. The molecule has 0 aliphatic heterocycles. The highest BCUT2D eigenvalue weighted by atomic mass is 19.1. The summed E-state index contributed by atoms with van der Waals surface area (Å²) in [7, 11) is 0. The first kappa shape index (κ1) is 11.2. The molecule has 1 N–H and O–H groups in total. The first-order chi connectivity index (χ1) is 8.16. The molecule has 0 saturated carbocycles. The summed E-state index contributed by atoms with van der Waals surface area (Å²) in [6.45, 7) is 0. The van der Waals surface area contributed by atoms with E-state index in [9.17, 15) is 13.6 Å². The summed E-state index contributed by atoms with van der Waals surface area (Å²) in [5.74, 6) is -1.98. The molecule has 2 aromatic rings. The predicted octanol–water partition coefficient (Wildman–Crippen LogP) is 2.61. The van der Waals surface area contributed by atoms with Crippen molar-refractivity contribution in [3.8, 4) is 0 Å². The number of anilines is 1. The molecule has 0 unspecified atom stereocenters. The largest absolute Gasteiger partial charge is 0.319 e. The predicted molar refractivity (Wildman–Crippen MR) is 58.5 cm³/mol. The molecule has 0 aliphatic carbocycles. The maximum Gasteiger partial charge on any atom is 0.255 e. The van der Waals surface area contributed by atoms with Crippen molar-refractivity contribution < 1.29 is 13.6 Å². The third-order valence-electron chi connectivity index (χ3n) is 2.12. The zero-order chi connectivity index (χ0) is 12.3. The Kier molecular flexibility index (Phi) is 3.09. The number of aromatic nitrogens is 1. The highest BCUT2D eigenvalue weighted by molar-refractivity contribution is 6.04.